The van der Waals surface area contributed by atoms with Gasteiger partial charge in [-0.3, -0.25) is 4.98 Å². The van der Waals surface area contributed by atoms with Crippen molar-refractivity contribution in [2.75, 3.05) is 5.32 Å². The minimum absolute atomic E-state index is 0.0325. The van der Waals surface area contributed by atoms with Crippen molar-refractivity contribution in [3.05, 3.63) is 29.7 Å². The molecule has 2 saturated carbocycles. The van der Waals surface area contributed by atoms with E-state index in [1.165, 1.54) is 50.5 Å². The second kappa shape index (κ2) is 10.0. The molecule has 2 aliphatic carbocycles. The van der Waals surface area contributed by atoms with Crippen LogP contribution in [0, 0.1) is 17.8 Å². The quantitative estimate of drug-likeness (QED) is 0.388. The highest BCUT2D eigenvalue weighted by Crippen LogP contribution is 2.36. The maximum absolute atomic E-state index is 11.9. The predicted octanol–water partition coefficient (Wildman–Crippen LogP) is 6.31. The lowest BCUT2D eigenvalue weighted by Gasteiger charge is -2.32. The first kappa shape index (κ1) is 25.6. The fourth-order valence-corrected chi connectivity index (χ4v) is 5.67. The van der Waals surface area contributed by atoms with Crippen LogP contribution in [0.1, 0.15) is 95.7 Å². The molecule has 2 N–H and O–H groups in total. The molecule has 3 aromatic rings. The molecule has 0 spiro atoms. The number of carbonyl (C=O) groups is 1. The standard InChI is InChI=1S/C29H40N6O2/c1-17-9-11-19(12-10-17)16-35-23-24(31-18(2)20-7-6-8-20)32-26(28(36)37)33-25(23)34-27(35)22-15-21(13-14-30-22)29(3,4)5/h13-15,17-20H,6-12,16H2,1-5H3,(H,36,37)(H,31,32,33)/t17-,18-,19-/m1/s1. The van der Waals surface area contributed by atoms with E-state index in [-0.39, 0.29) is 17.3 Å². The highest BCUT2D eigenvalue weighted by Gasteiger charge is 2.29. The van der Waals surface area contributed by atoms with Gasteiger partial charge in [0.15, 0.2) is 17.3 Å². The van der Waals surface area contributed by atoms with E-state index in [2.05, 4.69) is 66.6 Å². The highest BCUT2D eigenvalue weighted by molar-refractivity contribution is 5.92. The minimum Gasteiger partial charge on any atom is -0.475 e. The molecule has 8 heteroatoms. The van der Waals surface area contributed by atoms with Crippen LogP contribution in [0.25, 0.3) is 22.7 Å². The fraction of sp³-hybridized carbons (Fsp3) is 0.621. The van der Waals surface area contributed by atoms with Gasteiger partial charge in [0, 0.05) is 18.8 Å². The van der Waals surface area contributed by atoms with Gasteiger partial charge in [0.2, 0.25) is 5.82 Å². The van der Waals surface area contributed by atoms with Crippen molar-refractivity contribution >= 4 is 23.0 Å². The molecule has 1 atom stereocenters. The lowest BCUT2D eigenvalue weighted by Crippen LogP contribution is -2.31. The monoisotopic (exact) mass is 504 g/mol. The topological polar surface area (TPSA) is 106 Å². The zero-order chi connectivity index (χ0) is 26.3. The molecule has 3 heterocycles. The smallest absolute Gasteiger partial charge is 0.374 e. The van der Waals surface area contributed by atoms with Gasteiger partial charge in [-0.05, 0) is 73.5 Å². The van der Waals surface area contributed by atoms with Gasteiger partial charge in [0.25, 0.3) is 0 Å². The number of carboxylic acid groups (broad SMARTS) is 1. The number of nitrogens with zero attached hydrogens (tertiary/aromatic N) is 5. The van der Waals surface area contributed by atoms with Crippen LogP contribution in [-0.2, 0) is 12.0 Å². The summed E-state index contributed by atoms with van der Waals surface area (Å²) >= 11 is 0. The van der Waals surface area contributed by atoms with Crippen molar-refractivity contribution < 1.29 is 9.90 Å². The fourth-order valence-electron chi connectivity index (χ4n) is 5.67. The molecule has 5 rings (SSSR count). The van der Waals surface area contributed by atoms with Gasteiger partial charge in [-0.2, -0.15) is 0 Å². The van der Waals surface area contributed by atoms with E-state index in [1.807, 2.05) is 6.20 Å². The molecule has 2 aliphatic rings. The van der Waals surface area contributed by atoms with E-state index in [0.717, 1.165) is 29.5 Å². The van der Waals surface area contributed by atoms with E-state index < -0.39 is 5.97 Å². The van der Waals surface area contributed by atoms with Crippen molar-refractivity contribution in [2.45, 2.75) is 97.6 Å². The summed E-state index contributed by atoms with van der Waals surface area (Å²) in [6.45, 7) is 11.9. The van der Waals surface area contributed by atoms with Crippen LogP contribution in [0.4, 0.5) is 5.82 Å². The average Bonchev–Trinajstić information content (AvgIpc) is 3.17. The SMILES string of the molecule is C[C@@H](Nc1nc(C(=O)O)nc2nc(-c3cc(C(C)(C)C)ccn3)n(C[C@H]3CC[C@H](C)CC3)c12)C1CCC1. The summed E-state index contributed by atoms with van der Waals surface area (Å²) in [4.78, 5) is 30.5. The molecule has 0 amide bonds. The predicted molar refractivity (Wildman–Crippen MR) is 146 cm³/mol. The maximum Gasteiger partial charge on any atom is 0.374 e. The molecular formula is C29H40N6O2. The van der Waals surface area contributed by atoms with Gasteiger partial charge in [-0.25, -0.2) is 19.7 Å². The van der Waals surface area contributed by atoms with Crippen molar-refractivity contribution in [1.82, 2.24) is 24.5 Å². The molecule has 0 aromatic carbocycles. The van der Waals surface area contributed by atoms with Gasteiger partial charge in [-0.1, -0.05) is 47.0 Å². The molecule has 0 bridgehead atoms. The molecule has 8 nitrogen and oxygen atoms in total. The van der Waals surface area contributed by atoms with Crippen LogP contribution < -0.4 is 5.32 Å². The number of anilines is 1. The number of aromatic carboxylic acids is 1. The zero-order valence-electron chi connectivity index (χ0n) is 22.8. The Morgan fingerprint density at radius 1 is 1.14 bits per heavy atom. The second-order valence-corrected chi connectivity index (χ2v) is 12.3. The van der Waals surface area contributed by atoms with Gasteiger partial charge in [-0.15, -0.1) is 0 Å². The van der Waals surface area contributed by atoms with E-state index >= 15 is 0 Å². The van der Waals surface area contributed by atoms with E-state index in [0.29, 0.717) is 23.3 Å². The number of aromatic nitrogens is 5. The van der Waals surface area contributed by atoms with Crippen molar-refractivity contribution in [3.63, 3.8) is 0 Å². The molecule has 37 heavy (non-hydrogen) atoms. The number of imidazole rings is 1. The summed E-state index contributed by atoms with van der Waals surface area (Å²) in [5, 5.41) is 13.3. The zero-order valence-corrected chi connectivity index (χ0v) is 22.8. The Labute approximate surface area is 219 Å². The van der Waals surface area contributed by atoms with Gasteiger partial charge >= 0.3 is 5.97 Å². The largest absolute Gasteiger partial charge is 0.475 e. The molecule has 0 unspecified atom stereocenters. The summed E-state index contributed by atoms with van der Waals surface area (Å²) in [5.74, 6) is 1.78. The third-order valence-electron chi connectivity index (χ3n) is 8.45. The van der Waals surface area contributed by atoms with Gasteiger partial charge in [0.05, 0.1) is 0 Å². The Morgan fingerprint density at radius 2 is 1.86 bits per heavy atom. The maximum atomic E-state index is 11.9. The summed E-state index contributed by atoms with van der Waals surface area (Å²) in [6, 6.07) is 4.35. The summed E-state index contributed by atoms with van der Waals surface area (Å²) < 4.78 is 2.21. The molecule has 0 saturated heterocycles. The second-order valence-electron chi connectivity index (χ2n) is 12.3. The third-order valence-corrected chi connectivity index (χ3v) is 8.45. The number of carboxylic acids is 1. The molecular weight excluding hydrogens is 464 g/mol. The van der Waals surface area contributed by atoms with Crippen molar-refractivity contribution in [2.24, 2.45) is 17.8 Å². The molecule has 0 aliphatic heterocycles. The molecule has 198 valence electrons. The first-order valence-electron chi connectivity index (χ1n) is 13.8. The Bertz CT molecular complexity index is 1280. The number of fused-ring (bicyclic) bond motifs is 1. The van der Waals surface area contributed by atoms with Crippen LogP contribution in [0.2, 0.25) is 0 Å². The normalized spacial score (nSPS) is 21.5. The van der Waals surface area contributed by atoms with E-state index in [4.69, 9.17) is 9.97 Å². The van der Waals surface area contributed by atoms with E-state index in [9.17, 15) is 9.90 Å². The van der Waals surface area contributed by atoms with Gasteiger partial charge < -0.3 is 15.0 Å². The van der Waals surface area contributed by atoms with Crippen LogP contribution >= 0.6 is 0 Å². The van der Waals surface area contributed by atoms with Crippen LogP contribution in [0.5, 0.6) is 0 Å². The van der Waals surface area contributed by atoms with Crippen LogP contribution in [0.3, 0.4) is 0 Å². The number of hydrogen-bond donors (Lipinski definition) is 2. The van der Waals surface area contributed by atoms with Crippen LogP contribution in [0.15, 0.2) is 18.3 Å². The Morgan fingerprint density at radius 3 is 2.49 bits per heavy atom. The number of rotatable bonds is 7. The van der Waals surface area contributed by atoms with Crippen molar-refractivity contribution in [3.8, 4) is 11.5 Å². The van der Waals surface area contributed by atoms with Gasteiger partial charge in [0.1, 0.15) is 11.2 Å². The average molecular weight is 505 g/mol. The lowest BCUT2D eigenvalue weighted by molar-refractivity contribution is 0.0684. The van der Waals surface area contributed by atoms with Crippen molar-refractivity contribution in [1.29, 1.82) is 0 Å². The Kier molecular flexibility index (Phi) is 6.94. The number of nitrogens with one attached hydrogen (secondary N) is 1. The Hall–Kier alpha value is -3.03. The summed E-state index contributed by atoms with van der Waals surface area (Å²) in [5.41, 5.74) is 3.13. The highest BCUT2D eigenvalue weighted by atomic mass is 16.4. The Balaban J connectivity index is 1.66. The first-order chi connectivity index (χ1) is 17.6. The third kappa shape index (κ3) is 5.34. The summed E-state index contributed by atoms with van der Waals surface area (Å²) in [6.07, 6.45) is 10.3. The minimum atomic E-state index is -1.15. The van der Waals surface area contributed by atoms with Crippen LogP contribution in [-0.4, -0.2) is 41.6 Å². The lowest BCUT2D eigenvalue weighted by atomic mass is 9.80. The molecule has 0 radical (unpaired) electrons. The number of pyridine rings is 1. The summed E-state index contributed by atoms with van der Waals surface area (Å²) in [7, 11) is 0. The molecule has 3 aromatic heterocycles. The number of hydrogen-bond acceptors (Lipinski definition) is 6. The van der Waals surface area contributed by atoms with E-state index in [1.54, 1.807) is 0 Å². The molecule has 2 fully saturated rings. The first-order valence-corrected chi connectivity index (χ1v) is 13.8.